The summed E-state index contributed by atoms with van der Waals surface area (Å²) in [5, 5.41) is 0. The third-order valence-electron chi connectivity index (χ3n) is 5.20. The van der Waals surface area contributed by atoms with Gasteiger partial charge < -0.3 is 4.74 Å². The normalized spacial score (nSPS) is 23.6. The van der Waals surface area contributed by atoms with Crippen molar-refractivity contribution in [2.75, 3.05) is 13.1 Å². The minimum atomic E-state index is -0.0385. The van der Waals surface area contributed by atoms with Crippen LogP contribution in [-0.2, 0) is 16.9 Å². The van der Waals surface area contributed by atoms with Crippen molar-refractivity contribution in [3.63, 3.8) is 0 Å². The molecule has 2 heteroatoms. The zero-order chi connectivity index (χ0) is 15.0. The summed E-state index contributed by atoms with van der Waals surface area (Å²) in [4.78, 5) is 2.55. The lowest BCUT2D eigenvalue weighted by atomic mass is 9.83. The molecule has 2 heterocycles. The summed E-state index contributed by atoms with van der Waals surface area (Å²) in [6.45, 7) is 5.45. The summed E-state index contributed by atoms with van der Waals surface area (Å²) in [5.41, 5.74) is 4.18. The van der Waals surface area contributed by atoms with E-state index in [1.165, 1.54) is 16.7 Å². The molecule has 0 aliphatic carbocycles. The Morgan fingerprint density at radius 1 is 1.00 bits per heavy atom. The molecule has 1 fully saturated rings. The molecule has 0 amide bonds. The molecule has 22 heavy (non-hydrogen) atoms. The Kier molecular flexibility index (Phi) is 3.51. The Hall–Kier alpha value is -1.64. The lowest BCUT2D eigenvalue weighted by Crippen LogP contribution is -2.42. The molecule has 0 N–H and O–H groups in total. The number of nitrogens with zero attached hydrogens (tertiary/aromatic N) is 1. The van der Waals surface area contributed by atoms with E-state index in [1.54, 1.807) is 0 Å². The maximum atomic E-state index is 6.43. The number of fused-ring (bicyclic) bond motifs is 2. The Labute approximate surface area is 132 Å². The zero-order valence-electron chi connectivity index (χ0n) is 13.2. The monoisotopic (exact) mass is 293 g/mol. The standard InChI is InChI=1S/C20H23NO/c1-16-18-9-5-6-10-19(18)20(22-16)11-13-21(14-12-20)15-17-7-3-2-4-8-17/h2-10,16H,11-15H2,1H3/t16-/m0/s1. The van der Waals surface area contributed by atoms with Gasteiger partial charge in [-0.25, -0.2) is 0 Å². The fourth-order valence-corrected chi connectivity index (χ4v) is 4.03. The van der Waals surface area contributed by atoms with Crippen LogP contribution in [0.2, 0.25) is 0 Å². The lowest BCUT2D eigenvalue weighted by molar-refractivity contribution is -0.104. The van der Waals surface area contributed by atoms with Crippen LogP contribution in [0.15, 0.2) is 54.6 Å². The van der Waals surface area contributed by atoms with Crippen LogP contribution in [0.4, 0.5) is 0 Å². The van der Waals surface area contributed by atoms with Gasteiger partial charge in [-0.3, -0.25) is 4.90 Å². The van der Waals surface area contributed by atoms with Gasteiger partial charge in [-0.2, -0.15) is 0 Å². The van der Waals surface area contributed by atoms with Crippen molar-refractivity contribution >= 4 is 0 Å². The summed E-state index contributed by atoms with van der Waals surface area (Å²) in [6, 6.07) is 19.5. The van der Waals surface area contributed by atoms with Crippen molar-refractivity contribution in [1.29, 1.82) is 0 Å². The first-order chi connectivity index (χ1) is 10.8. The van der Waals surface area contributed by atoms with Crippen LogP contribution in [0.5, 0.6) is 0 Å². The third kappa shape index (κ3) is 2.37. The van der Waals surface area contributed by atoms with Crippen molar-refractivity contribution in [2.24, 2.45) is 0 Å². The van der Waals surface area contributed by atoms with Gasteiger partial charge in [0, 0.05) is 19.6 Å². The highest BCUT2D eigenvalue weighted by atomic mass is 16.5. The Bertz CT molecular complexity index is 644. The van der Waals surface area contributed by atoms with E-state index in [2.05, 4.69) is 66.4 Å². The van der Waals surface area contributed by atoms with E-state index >= 15 is 0 Å². The van der Waals surface area contributed by atoms with Gasteiger partial charge >= 0.3 is 0 Å². The molecule has 0 aromatic heterocycles. The van der Waals surface area contributed by atoms with E-state index in [4.69, 9.17) is 4.74 Å². The topological polar surface area (TPSA) is 12.5 Å². The van der Waals surface area contributed by atoms with Crippen molar-refractivity contribution in [3.8, 4) is 0 Å². The van der Waals surface area contributed by atoms with Crippen LogP contribution in [0, 0.1) is 0 Å². The summed E-state index contributed by atoms with van der Waals surface area (Å²) in [5.74, 6) is 0. The van der Waals surface area contributed by atoms with Crippen LogP contribution < -0.4 is 0 Å². The lowest BCUT2D eigenvalue weighted by Gasteiger charge is -2.39. The molecular formula is C20H23NO. The second kappa shape index (κ2) is 5.53. The number of hydrogen-bond acceptors (Lipinski definition) is 2. The number of ether oxygens (including phenoxy) is 1. The average Bonchev–Trinajstić information content (AvgIpc) is 2.84. The zero-order valence-corrected chi connectivity index (χ0v) is 13.2. The van der Waals surface area contributed by atoms with E-state index in [0.717, 1.165) is 32.5 Å². The summed E-state index contributed by atoms with van der Waals surface area (Å²) >= 11 is 0. The van der Waals surface area contributed by atoms with Crippen LogP contribution >= 0.6 is 0 Å². The van der Waals surface area contributed by atoms with Crippen molar-refractivity contribution in [2.45, 2.75) is 38.0 Å². The molecule has 2 nitrogen and oxygen atoms in total. The molecule has 1 saturated heterocycles. The Morgan fingerprint density at radius 3 is 2.45 bits per heavy atom. The van der Waals surface area contributed by atoms with E-state index in [1.807, 2.05) is 0 Å². The third-order valence-corrected chi connectivity index (χ3v) is 5.20. The molecule has 0 bridgehead atoms. The molecular weight excluding hydrogens is 270 g/mol. The predicted molar refractivity (Wildman–Crippen MR) is 88.6 cm³/mol. The summed E-state index contributed by atoms with van der Waals surface area (Å²) in [6.07, 6.45) is 2.43. The van der Waals surface area contributed by atoms with Crippen molar-refractivity contribution < 1.29 is 4.74 Å². The SMILES string of the molecule is C[C@@H]1OC2(CCN(Cc3ccccc3)CC2)c2ccccc21. The van der Waals surface area contributed by atoms with E-state index in [0.29, 0.717) is 0 Å². The quantitative estimate of drug-likeness (QED) is 0.820. The van der Waals surface area contributed by atoms with E-state index < -0.39 is 0 Å². The molecule has 1 atom stereocenters. The first-order valence-electron chi connectivity index (χ1n) is 8.30. The number of likely N-dealkylation sites (tertiary alicyclic amines) is 1. The number of rotatable bonds is 2. The van der Waals surface area contributed by atoms with Gasteiger partial charge in [0.25, 0.3) is 0 Å². The van der Waals surface area contributed by atoms with E-state index in [-0.39, 0.29) is 11.7 Å². The first kappa shape index (κ1) is 14.0. The predicted octanol–water partition coefficient (Wildman–Crippen LogP) is 4.27. The maximum absolute atomic E-state index is 6.43. The second-order valence-electron chi connectivity index (χ2n) is 6.60. The van der Waals surface area contributed by atoms with E-state index in [9.17, 15) is 0 Å². The highest BCUT2D eigenvalue weighted by Gasteiger charge is 2.44. The molecule has 0 radical (unpaired) electrons. The maximum Gasteiger partial charge on any atom is 0.0967 e. The highest BCUT2D eigenvalue weighted by molar-refractivity contribution is 5.38. The molecule has 1 spiro atoms. The summed E-state index contributed by atoms with van der Waals surface area (Å²) < 4.78 is 6.43. The minimum absolute atomic E-state index is 0.0385. The molecule has 0 saturated carbocycles. The molecule has 4 rings (SSSR count). The van der Waals surface area contributed by atoms with Crippen molar-refractivity contribution in [1.82, 2.24) is 4.90 Å². The van der Waals surface area contributed by atoms with Gasteiger partial charge in [0.15, 0.2) is 0 Å². The number of hydrogen-bond donors (Lipinski definition) is 0. The molecule has 114 valence electrons. The Morgan fingerprint density at radius 2 is 1.68 bits per heavy atom. The van der Waals surface area contributed by atoms with Crippen LogP contribution in [0.1, 0.15) is 42.6 Å². The van der Waals surface area contributed by atoms with Crippen LogP contribution in [0.3, 0.4) is 0 Å². The second-order valence-corrected chi connectivity index (χ2v) is 6.60. The van der Waals surface area contributed by atoms with Gasteiger partial charge in [0.2, 0.25) is 0 Å². The van der Waals surface area contributed by atoms with Crippen LogP contribution in [0.25, 0.3) is 0 Å². The fourth-order valence-electron chi connectivity index (χ4n) is 4.03. The smallest absolute Gasteiger partial charge is 0.0967 e. The Balaban J connectivity index is 1.48. The molecule has 2 aromatic rings. The number of benzene rings is 2. The van der Waals surface area contributed by atoms with Gasteiger partial charge in [-0.1, -0.05) is 54.6 Å². The molecule has 2 aliphatic rings. The van der Waals surface area contributed by atoms with Crippen LogP contribution in [-0.4, -0.2) is 18.0 Å². The summed E-state index contributed by atoms with van der Waals surface area (Å²) in [7, 11) is 0. The molecule has 2 aromatic carbocycles. The fraction of sp³-hybridized carbons (Fsp3) is 0.400. The van der Waals surface area contributed by atoms with Gasteiger partial charge in [-0.05, 0) is 36.5 Å². The van der Waals surface area contributed by atoms with Gasteiger partial charge in [0.05, 0.1) is 11.7 Å². The minimum Gasteiger partial charge on any atom is -0.363 e. The van der Waals surface area contributed by atoms with Gasteiger partial charge in [0.1, 0.15) is 0 Å². The highest BCUT2D eigenvalue weighted by Crippen LogP contribution is 2.49. The largest absolute Gasteiger partial charge is 0.363 e. The van der Waals surface area contributed by atoms with Gasteiger partial charge in [-0.15, -0.1) is 0 Å². The number of piperidine rings is 1. The average molecular weight is 293 g/mol. The molecule has 0 unspecified atom stereocenters. The first-order valence-corrected chi connectivity index (χ1v) is 8.30. The molecule has 2 aliphatic heterocycles. The van der Waals surface area contributed by atoms with Crippen molar-refractivity contribution in [3.05, 3.63) is 71.3 Å².